The van der Waals surface area contributed by atoms with E-state index in [9.17, 15) is 28.4 Å². The quantitative estimate of drug-likeness (QED) is 0.474. The zero-order valence-electron chi connectivity index (χ0n) is 25.9. The van der Waals surface area contributed by atoms with Crippen LogP contribution < -0.4 is 16.0 Å². The molecule has 10 nitrogen and oxygen atoms in total. The number of halogens is 1. The van der Waals surface area contributed by atoms with Gasteiger partial charge in [0.25, 0.3) is 5.91 Å². The van der Waals surface area contributed by atoms with E-state index in [4.69, 9.17) is 0 Å². The first-order valence-corrected chi connectivity index (χ1v) is 15.9. The van der Waals surface area contributed by atoms with Crippen molar-refractivity contribution in [3.8, 4) is 0 Å². The van der Waals surface area contributed by atoms with E-state index in [0.717, 1.165) is 24.0 Å². The fourth-order valence-electron chi connectivity index (χ4n) is 5.85. The van der Waals surface area contributed by atoms with Gasteiger partial charge in [-0.3, -0.25) is 24.0 Å². The van der Waals surface area contributed by atoms with Gasteiger partial charge in [0, 0.05) is 37.3 Å². The number of hydrogen-bond donors (Lipinski definition) is 3. The molecule has 1 saturated carbocycles. The van der Waals surface area contributed by atoms with Crippen LogP contribution in [0.4, 0.5) is 10.1 Å². The number of nitrogens with zero attached hydrogens (tertiary/aromatic N) is 2. The van der Waals surface area contributed by atoms with Crippen molar-refractivity contribution < 1.29 is 28.4 Å². The van der Waals surface area contributed by atoms with Crippen molar-refractivity contribution in [1.29, 1.82) is 0 Å². The second-order valence-electron chi connectivity index (χ2n) is 12.7. The van der Waals surface area contributed by atoms with Crippen molar-refractivity contribution in [2.24, 2.45) is 11.8 Å². The summed E-state index contributed by atoms with van der Waals surface area (Å²) in [6.45, 7) is 4.45. The van der Waals surface area contributed by atoms with Gasteiger partial charge in [0.2, 0.25) is 23.6 Å². The Morgan fingerprint density at radius 3 is 2.49 bits per heavy atom. The van der Waals surface area contributed by atoms with Gasteiger partial charge in [-0.05, 0) is 79.8 Å². The standard InChI is InChI=1S/C34H42FN5O5/c1-21(2)28-19-39(31(42)18-23-7-12-25(13-8-23)37-32(43)24-10-11-24)20-30(41)36-15-3-5-22-9-14-27(35)26(17-22)34(45)40-16-4-6-29(40)33(44)38-28/h7-9,12-14,17,21,24,28-29H,3-6,10-11,15-16,18-20H2,1-2H3,(H,36,41)(H,37,43)(H,38,44)/t28-,29-/m0/s1. The summed E-state index contributed by atoms with van der Waals surface area (Å²) in [4.78, 5) is 68.7. The van der Waals surface area contributed by atoms with Crippen molar-refractivity contribution in [2.45, 2.75) is 70.9 Å². The Labute approximate surface area is 263 Å². The topological polar surface area (TPSA) is 128 Å². The highest BCUT2D eigenvalue weighted by Crippen LogP contribution is 2.30. The maximum atomic E-state index is 14.8. The molecule has 0 spiro atoms. The summed E-state index contributed by atoms with van der Waals surface area (Å²) in [6, 6.07) is 10.3. The molecular formula is C34H42FN5O5. The number of carbonyl (C=O) groups excluding carboxylic acids is 5. The predicted octanol–water partition coefficient (Wildman–Crippen LogP) is 3.05. The van der Waals surface area contributed by atoms with Gasteiger partial charge in [-0.2, -0.15) is 0 Å². The fourth-order valence-corrected chi connectivity index (χ4v) is 5.85. The molecule has 1 aliphatic carbocycles. The molecule has 2 aromatic carbocycles. The molecule has 5 amide bonds. The molecule has 2 fully saturated rings. The molecule has 0 radical (unpaired) electrons. The van der Waals surface area contributed by atoms with Crippen molar-refractivity contribution >= 4 is 35.2 Å². The van der Waals surface area contributed by atoms with Crippen LogP contribution in [0.3, 0.4) is 0 Å². The van der Waals surface area contributed by atoms with E-state index in [1.165, 1.54) is 21.9 Å². The van der Waals surface area contributed by atoms with Crippen LogP contribution in [0.2, 0.25) is 0 Å². The second kappa shape index (κ2) is 14.2. The summed E-state index contributed by atoms with van der Waals surface area (Å²) in [5.74, 6) is -2.11. The van der Waals surface area contributed by atoms with Crippen LogP contribution in [0.25, 0.3) is 0 Å². The minimum atomic E-state index is -0.760. The molecule has 2 bridgehead atoms. The van der Waals surface area contributed by atoms with Crippen LogP contribution in [-0.4, -0.2) is 77.6 Å². The van der Waals surface area contributed by atoms with Crippen molar-refractivity contribution in [2.75, 3.05) is 31.5 Å². The average molecular weight is 620 g/mol. The minimum Gasteiger partial charge on any atom is -0.355 e. The summed E-state index contributed by atoms with van der Waals surface area (Å²) in [5, 5.41) is 8.79. The summed E-state index contributed by atoms with van der Waals surface area (Å²) in [6.07, 6.45) is 3.99. The first-order chi connectivity index (χ1) is 21.6. The van der Waals surface area contributed by atoms with E-state index in [0.29, 0.717) is 44.5 Å². The molecule has 11 heteroatoms. The normalized spacial score (nSPS) is 21.6. The Kier molecular flexibility index (Phi) is 10.1. The smallest absolute Gasteiger partial charge is 0.257 e. The van der Waals surface area contributed by atoms with Gasteiger partial charge < -0.3 is 25.8 Å². The Balaban J connectivity index is 1.34. The lowest BCUT2D eigenvalue weighted by molar-refractivity contribution is -0.136. The van der Waals surface area contributed by atoms with Gasteiger partial charge in [0.15, 0.2) is 0 Å². The zero-order chi connectivity index (χ0) is 32.1. The summed E-state index contributed by atoms with van der Waals surface area (Å²) < 4.78 is 14.8. The first-order valence-electron chi connectivity index (χ1n) is 15.9. The number of amides is 5. The Bertz CT molecular complexity index is 1440. The third-order valence-corrected chi connectivity index (χ3v) is 8.80. The molecule has 3 N–H and O–H groups in total. The predicted molar refractivity (Wildman–Crippen MR) is 167 cm³/mol. The maximum absolute atomic E-state index is 14.8. The number of nitrogens with one attached hydrogen (secondary N) is 3. The Morgan fingerprint density at radius 1 is 1.02 bits per heavy atom. The van der Waals surface area contributed by atoms with Crippen LogP contribution in [0.15, 0.2) is 42.5 Å². The molecule has 2 atom stereocenters. The molecule has 2 heterocycles. The molecule has 2 aromatic rings. The molecule has 3 aliphatic rings. The van der Waals surface area contributed by atoms with Crippen LogP contribution in [0.5, 0.6) is 0 Å². The highest BCUT2D eigenvalue weighted by atomic mass is 19.1. The zero-order valence-corrected chi connectivity index (χ0v) is 25.9. The highest BCUT2D eigenvalue weighted by Gasteiger charge is 2.37. The van der Waals surface area contributed by atoms with Crippen LogP contribution in [-0.2, 0) is 32.0 Å². The van der Waals surface area contributed by atoms with Crippen LogP contribution in [0, 0.1) is 17.7 Å². The third-order valence-electron chi connectivity index (χ3n) is 8.80. The number of anilines is 1. The van der Waals surface area contributed by atoms with Crippen molar-refractivity contribution in [3.63, 3.8) is 0 Å². The van der Waals surface area contributed by atoms with Gasteiger partial charge >= 0.3 is 0 Å². The molecule has 2 aliphatic heterocycles. The largest absolute Gasteiger partial charge is 0.355 e. The lowest BCUT2D eigenvalue weighted by atomic mass is 10.0. The number of carbonyl (C=O) groups is 5. The second-order valence-corrected chi connectivity index (χ2v) is 12.7. The Morgan fingerprint density at radius 2 is 1.78 bits per heavy atom. The van der Waals surface area contributed by atoms with Gasteiger partial charge in [-0.25, -0.2) is 4.39 Å². The SMILES string of the molecule is CC(C)[C@@H]1CN(C(=O)Cc2ccc(NC(=O)C3CC3)cc2)CC(=O)NCCCc2ccc(F)c(c2)C(=O)N2CCC[C@H]2C(=O)N1. The minimum absolute atomic E-state index is 0.00462. The van der Waals surface area contributed by atoms with Crippen molar-refractivity contribution in [3.05, 3.63) is 65.0 Å². The molecular weight excluding hydrogens is 577 g/mol. The maximum Gasteiger partial charge on any atom is 0.257 e. The first kappa shape index (κ1) is 32.1. The number of fused-ring (bicyclic) bond motifs is 3. The van der Waals surface area contributed by atoms with Crippen LogP contribution in [0.1, 0.15) is 67.4 Å². The van der Waals surface area contributed by atoms with Crippen molar-refractivity contribution in [1.82, 2.24) is 20.4 Å². The van der Waals surface area contributed by atoms with E-state index in [1.807, 2.05) is 13.8 Å². The van der Waals surface area contributed by atoms with Gasteiger partial charge in [0.1, 0.15) is 11.9 Å². The molecule has 5 rings (SSSR count). The third kappa shape index (κ3) is 8.26. The lowest BCUT2D eigenvalue weighted by Crippen LogP contribution is -2.55. The van der Waals surface area contributed by atoms with Gasteiger partial charge in [-0.1, -0.05) is 32.0 Å². The number of rotatable bonds is 5. The number of hydrogen-bond acceptors (Lipinski definition) is 5. The molecule has 45 heavy (non-hydrogen) atoms. The Hall–Kier alpha value is -4.28. The summed E-state index contributed by atoms with van der Waals surface area (Å²) in [7, 11) is 0. The van der Waals surface area contributed by atoms with Gasteiger partial charge in [-0.15, -0.1) is 0 Å². The average Bonchev–Trinajstić information content (AvgIpc) is 3.75. The molecule has 0 unspecified atom stereocenters. The fraction of sp³-hybridized carbons (Fsp3) is 0.500. The monoisotopic (exact) mass is 619 g/mol. The highest BCUT2D eigenvalue weighted by molar-refractivity contribution is 5.98. The molecule has 240 valence electrons. The van der Waals surface area contributed by atoms with Gasteiger partial charge in [0.05, 0.1) is 18.5 Å². The molecule has 1 saturated heterocycles. The molecule has 0 aromatic heterocycles. The van der Waals surface area contributed by atoms with Crippen LogP contribution >= 0.6 is 0 Å². The number of benzene rings is 2. The van der Waals surface area contributed by atoms with E-state index < -0.39 is 23.8 Å². The summed E-state index contributed by atoms with van der Waals surface area (Å²) in [5.41, 5.74) is 2.09. The van der Waals surface area contributed by atoms with E-state index in [2.05, 4.69) is 16.0 Å². The van der Waals surface area contributed by atoms with E-state index in [1.54, 1.807) is 30.3 Å². The summed E-state index contributed by atoms with van der Waals surface area (Å²) >= 11 is 0. The van der Waals surface area contributed by atoms with E-state index >= 15 is 0 Å². The lowest BCUT2D eigenvalue weighted by Gasteiger charge is -2.32. The van der Waals surface area contributed by atoms with E-state index in [-0.39, 0.29) is 60.5 Å². The number of aryl methyl sites for hydroxylation is 1.